The fourth-order valence-corrected chi connectivity index (χ4v) is 2.77. The lowest BCUT2D eigenvalue weighted by Gasteiger charge is -2.19. The number of amides is 1. The number of aliphatic hydroxyl groups is 2. The number of hydrogen-bond acceptors (Lipinski definition) is 4. The van der Waals surface area contributed by atoms with Gasteiger partial charge in [0.05, 0.1) is 6.10 Å². The quantitative estimate of drug-likeness (QED) is 0.327. The summed E-state index contributed by atoms with van der Waals surface area (Å²) in [5.74, 6) is -1.32. The molecule has 0 bridgehead atoms. The third-order valence-electron chi connectivity index (χ3n) is 4.14. The molecule has 1 aliphatic rings. The van der Waals surface area contributed by atoms with Crippen molar-refractivity contribution in [1.82, 2.24) is 4.90 Å². The number of hydrogen-bond donors (Lipinski definition) is 2. The maximum absolute atomic E-state index is 12.2. The fourth-order valence-electron chi connectivity index (χ4n) is 2.77. The van der Waals surface area contributed by atoms with Gasteiger partial charge in [-0.15, -0.1) is 0 Å². The van der Waals surface area contributed by atoms with Crippen molar-refractivity contribution in [3.8, 4) is 0 Å². The number of unbranched alkanes of at least 4 members (excludes halogenated alkanes) is 3. The summed E-state index contributed by atoms with van der Waals surface area (Å²) >= 11 is 0. The number of rotatable bonds is 7. The van der Waals surface area contributed by atoms with E-state index < -0.39 is 23.8 Å². The molecule has 0 aromatic heterocycles. The Bertz CT molecular complexity index is 428. The number of aliphatic hydroxyl groups excluding tert-OH is 2. The lowest BCUT2D eigenvalue weighted by Crippen LogP contribution is -2.40. The van der Waals surface area contributed by atoms with Crippen LogP contribution in [0.3, 0.4) is 0 Å². The molecule has 0 radical (unpaired) electrons. The van der Waals surface area contributed by atoms with Gasteiger partial charge in [0.25, 0.3) is 5.91 Å². The molecule has 1 saturated heterocycles. The van der Waals surface area contributed by atoms with Crippen LogP contribution in [0, 0.1) is 5.92 Å². The second-order valence-corrected chi connectivity index (χ2v) is 5.98. The number of carbonyl (C=O) groups is 2. The van der Waals surface area contributed by atoms with Crippen molar-refractivity contribution in [2.45, 2.75) is 65.0 Å². The zero-order valence-electron chi connectivity index (χ0n) is 13.4. The first kappa shape index (κ1) is 17.7. The number of nitrogens with zero attached hydrogens (tertiary/aromatic N) is 1. The van der Waals surface area contributed by atoms with Crippen molar-refractivity contribution >= 4 is 11.7 Å². The number of Topliss-reactive ketones (excluding diaryl/α,β-unsaturated/α-hetero) is 1. The van der Waals surface area contributed by atoms with E-state index >= 15 is 0 Å². The molecule has 21 heavy (non-hydrogen) atoms. The molecule has 0 spiro atoms. The number of likely N-dealkylation sites (N-methyl/N-ethyl adjacent to an activating group) is 1. The van der Waals surface area contributed by atoms with Crippen molar-refractivity contribution in [1.29, 1.82) is 0 Å². The SMILES string of the molecule is CCCCCCC(C)/C(O)=C1\C(=O)[C@H]([C@H](C)O)N(C)C1=O. The number of ketones is 1. The highest BCUT2D eigenvalue weighted by Crippen LogP contribution is 2.28. The van der Waals surface area contributed by atoms with Crippen LogP contribution in [0.5, 0.6) is 0 Å². The van der Waals surface area contributed by atoms with Gasteiger partial charge in [-0.2, -0.15) is 0 Å². The highest BCUT2D eigenvalue weighted by atomic mass is 16.3. The monoisotopic (exact) mass is 297 g/mol. The zero-order chi connectivity index (χ0) is 16.2. The van der Waals surface area contributed by atoms with Gasteiger partial charge < -0.3 is 15.1 Å². The standard InChI is InChI=1S/C16H27NO4/c1-5-6-7-8-9-10(2)14(19)12-15(20)13(11(3)18)17(4)16(12)21/h10-11,13,18-19H,5-9H2,1-4H3/b14-12-/t10?,11-,13-/m0/s1. The number of likely N-dealkylation sites (tertiary alicyclic amines) is 1. The molecule has 0 saturated carbocycles. The second kappa shape index (κ2) is 7.59. The Morgan fingerprint density at radius 2 is 1.86 bits per heavy atom. The Balaban J connectivity index is 2.85. The van der Waals surface area contributed by atoms with E-state index in [1.807, 2.05) is 6.92 Å². The van der Waals surface area contributed by atoms with Crippen LogP contribution in [0.4, 0.5) is 0 Å². The van der Waals surface area contributed by atoms with Gasteiger partial charge in [-0.05, 0) is 13.3 Å². The molecule has 1 rings (SSSR count). The third kappa shape index (κ3) is 3.84. The fraction of sp³-hybridized carbons (Fsp3) is 0.750. The van der Waals surface area contributed by atoms with E-state index in [0.29, 0.717) is 0 Å². The Labute approximate surface area is 126 Å². The molecule has 5 nitrogen and oxygen atoms in total. The van der Waals surface area contributed by atoms with Gasteiger partial charge in [0.15, 0.2) is 5.78 Å². The first-order valence-electron chi connectivity index (χ1n) is 7.75. The molecular formula is C16H27NO4. The maximum atomic E-state index is 12.2. The van der Waals surface area contributed by atoms with Gasteiger partial charge in [0.2, 0.25) is 0 Å². The maximum Gasteiger partial charge on any atom is 0.261 e. The predicted octanol–water partition coefficient (Wildman–Crippen LogP) is 2.20. The first-order valence-corrected chi connectivity index (χ1v) is 7.75. The van der Waals surface area contributed by atoms with E-state index in [9.17, 15) is 19.8 Å². The predicted molar refractivity (Wildman–Crippen MR) is 80.8 cm³/mol. The molecule has 0 aromatic carbocycles. The van der Waals surface area contributed by atoms with Crippen LogP contribution in [0.15, 0.2) is 11.3 Å². The molecule has 1 fully saturated rings. The largest absolute Gasteiger partial charge is 0.511 e. The van der Waals surface area contributed by atoms with Crippen molar-refractivity contribution in [2.75, 3.05) is 7.05 Å². The normalized spacial score (nSPS) is 24.4. The summed E-state index contributed by atoms with van der Waals surface area (Å²) < 4.78 is 0. The van der Waals surface area contributed by atoms with Crippen molar-refractivity contribution in [3.05, 3.63) is 11.3 Å². The van der Waals surface area contributed by atoms with E-state index in [1.165, 1.54) is 18.9 Å². The molecule has 1 amide bonds. The summed E-state index contributed by atoms with van der Waals surface area (Å²) in [7, 11) is 1.48. The third-order valence-corrected chi connectivity index (χ3v) is 4.14. The second-order valence-electron chi connectivity index (χ2n) is 5.98. The lowest BCUT2D eigenvalue weighted by molar-refractivity contribution is -0.128. The van der Waals surface area contributed by atoms with Crippen LogP contribution >= 0.6 is 0 Å². The summed E-state index contributed by atoms with van der Waals surface area (Å²) in [4.78, 5) is 25.6. The Morgan fingerprint density at radius 3 is 2.33 bits per heavy atom. The summed E-state index contributed by atoms with van der Waals surface area (Å²) in [6.07, 6.45) is 4.13. The summed E-state index contributed by atoms with van der Waals surface area (Å²) in [5, 5.41) is 19.9. The minimum absolute atomic E-state index is 0.128. The molecule has 1 heterocycles. The summed E-state index contributed by atoms with van der Waals surface area (Å²) in [6, 6.07) is -0.887. The first-order chi connectivity index (χ1) is 9.82. The molecule has 0 aromatic rings. The minimum Gasteiger partial charge on any atom is -0.511 e. The van der Waals surface area contributed by atoms with Crippen LogP contribution in [0.2, 0.25) is 0 Å². The van der Waals surface area contributed by atoms with Crippen molar-refractivity contribution in [3.63, 3.8) is 0 Å². The van der Waals surface area contributed by atoms with Crippen LogP contribution in [-0.2, 0) is 9.59 Å². The topological polar surface area (TPSA) is 77.8 Å². The van der Waals surface area contributed by atoms with Crippen LogP contribution < -0.4 is 0 Å². The molecule has 2 N–H and O–H groups in total. The molecule has 5 heteroatoms. The van der Waals surface area contributed by atoms with Crippen molar-refractivity contribution in [2.24, 2.45) is 5.92 Å². The molecule has 3 atom stereocenters. The van der Waals surface area contributed by atoms with Crippen LogP contribution in [0.1, 0.15) is 52.9 Å². The molecule has 1 aliphatic heterocycles. The highest BCUT2D eigenvalue weighted by Gasteiger charge is 2.45. The average molecular weight is 297 g/mol. The lowest BCUT2D eigenvalue weighted by atomic mass is 9.95. The minimum atomic E-state index is -0.948. The zero-order valence-corrected chi connectivity index (χ0v) is 13.4. The van der Waals surface area contributed by atoms with E-state index in [-0.39, 0.29) is 17.3 Å². The Hall–Kier alpha value is -1.36. The molecule has 0 aliphatic carbocycles. The van der Waals surface area contributed by atoms with E-state index in [2.05, 4.69) is 6.92 Å². The summed E-state index contributed by atoms with van der Waals surface area (Å²) in [5.41, 5.74) is -0.147. The number of allylic oxidation sites excluding steroid dienone is 1. The van der Waals surface area contributed by atoms with Gasteiger partial charge in [-0.3, -0.25) is 9.59 Å². The highest BCUT2D eigenvalue weighted by molar-refractivity contribution is 6.26. The smallest absolute Gasteiger partial charge is 0.261 e. The van der Waals surface area contributed by atoms with E-state index in [4.69, 9.17) is 0 Å². The van der Waals surface area contributed by atoms with Crippen molar-refractivity contribution < 1.29 is 19.8 Å². The Kier molecular flexibility index (Phi) is 6.40. The summed E-state index contributed by atoms with van der Waals surface area (Å²) in [6.45, 7) is 5.43. The van der Waals surface area contributed by atoms with Gasteiger partial charge in [-0.1, -0.05) is 39.5 Å². The average Bonchev–Trinajstić information content (AvgIpc) is 2.64. The van der Waals surface area contributed by atoms with Gasteiger partial charge in [-0.25, -0.2) is 0 Å². The van der Waals surface area contributed by atoms with Gasteiger partial charge in [0, 0.05) is 13.0 Å². The van der Waals surface area contributed by atoms with E-state index in [1.54, 1.807) is 0 Å². The van der Waals surface area contributed by atoms with E-state index in [0.717, 1.165) is 32.1 Å². The van der Waals surface area contributed by atoms with Gasteiger partial charge in [0.1, 0.15) is 17.4 Å². The Morgan fingerprint density at radius 1 is 1.24 bits per heavy atom. The number of carbonyl (C=O) groups excluding carboxylic acids is 2. The molecule has 1 unspecified atom stereocenters. The van der Waals surface area contributed by atoms with Gasteiger partial charge >= 0.3 is 0 Å². The van der Waals surface area contributed by atoms with Crippen LogP contribution in [0.25, 0.3) is 0 Å². The molecular weight excluding hydrogens is 270 g/mol. The molecule has 120 valence electrons. The van der Waals surface area contributed by atoms with Crippen LogP contribution in [-0.4, -0.2) is 46.0 Å².